The monoisotopic (exact) mass is 686 g/mol. The van der Waals surface area contributed by atoms with Gasteiger partial charge >= 0.3 is 0 Å². The van der Waals surface area contributed by atoms with E-state index in [9.17, 15) is 15.3 Å². The molecule has 260 valence electrons. The van der Waals surface area contributed by atoms with Crippen LogP contribution < -0.4 is 39.8 Å². The summed E-state index contributed by atoms with van der Waals surface area (Å²) in [5, 5.41) is 33.0. The van der Waals surface area contributed by atoms with Gasteiger partial charge in [0.15, 0.2) is 0 Å². The SMILES string of the molecule is NCOc1ccc(Oc2ccc(N(CNc3ccc(Oc4ccc(O)cc4)cc3)CN(CO)c3ccc(Oc4ccc(O)cc4)cc3)cc2)cc1. The Labute approximate surface area is 295 Å². The van der Waals surface area contributed by atoms with Gasteiger partial charge in [-0.05, 0) is 146 Å². The quantitative estimate of drug-likeness (QED) is 0.0631. The molecule has 0 saturated heterocycles. The van der Waals surface area contributed by atoms with Crippen molar-refractivity contribution in [2.75, 3.05) is 41.9 Å². The topological polar surface area (TPSA) is 142 Å². The molecule has 0 aliphatic rings. The van der Waals surface area contributed by atoms with Gasteiger partial charge in [0.1, 0.15) is 65.2 Å². The van der Waals surface area contributed by atoms with E-state index in [0.717, 1.165) is 17.1 Å². The predicted molar refractivity (Wildman–Crippen MR) is 197 cm³/mol. The molecular weight excluding hydrogens is 648 g/mol. The second kappa shape index (κ2) is 16.7. The summed E-state index contributed by atoms with van der Waals surface area (Å²) in [4.78, 5) is 3.91. The maximum atomic E-state index is 10.5. The third-order valence-electron chi connectivity index (χ3n) is 7.70. The summed E-state index contributed by atoms with van der Waals surface area (Å²) in [5.74, 6) is 4.82. The molecule has 0 spiro atoms. The van der Waals surface area contributed by atoms with E-state index in [1.165, 1.54) is 0 Å². The minimum absolute atomic E-state index is 0.0994. The molecule has 6 aromatic carbocycles. The van der Waals surface area contributed by atoms with Crippen molar-refractivity contribution >= 4 is 17.1 Å². The van der Waals surface area contributed by atoms with E-state index in [0.29, 0.717) is 53.6 Å². The number of ether oxygens (including phenoxy) is 4. The molecule has 0 amide bonds. The molecule has 0 unspecified atom stereocenters. The molecule has 0 saturated carbocycles. The van der Waals surface area contributed by atoms with E-state index in [1.54, 1.807) is 60.7 Å². The normalized spacial score (nSPS) is 10.6. The van der Waals surface area contributed by atoms with Crippen LogP contribution in [0.3, 0.4) is 0 Å². The van der Waals surface area contributed by atoms with Gasteiger partial charge < -0.3 is 49.4 Å². The van der Waals surface area contributed by atoms with E-state index in [1.807, 2.05) is 89.8 Å². The van der Waals surface area contributed by atoms with Crippen molar-refractivity contribution in [2.45, 2.75) is 0 Å². The number of anilines is 3. The summed E-state index contributed by atoms with van der Waals surface area (Å²) in [6.45, 7) is 0.608. The number of nitrogens with two attached hydrogens (primary N) is 1. The van der Waals surface area contributed by atoms with Crippen LogP contribution in [0.5, 0.6) is 51.7 Å². The van der Waals surface area contributed by atoms with Gasteiger partial charge in [-0.3, -0.25) is 5.73 Å². The highest BCUT2D eigenvalue weighted by Crippen LogP contribution is 2.30. The van der Waals surface area contributed by atoms with Crippen molar-refractivity contribution in [3.8, 4) is 51.7 Å². The molecule has 0 aromatic heterocycles. The first-order chi connectivity index (χ1) is 24.9. The van der Waals surface area contributed by atoms with Crippen molar-refractivity contribution < 1.29 is 34.3 Å². The third-order valence-corrected chi connectivity index (χ3v) is 7.70. The first-order valence-corrected chi connectivity index (χ1v) is 16.1. The number of phenols is 2. The number of aromatic hydroxyl groups is 2. The van der Waals surface area contributed by atoms with Crippen LogP contribution in [0.15, 0.2) is 146 Å². The van der Waals surface area contributed by atoms with Gasteiger partial charge in [0.2, 0.25) is 0 Å². The Morgan fingerprint density at radius 1 is 0.471 bits per heavy atom. The number of nitrogens with zero attached hydrogens (tertiary/aromatic N) is 2. The zero-order valence-corrected chi connectivity index (χ0v) is 27.6. The van der Waals surface area contributed by atoms with Crippen LogP contribution >= 0.6 is 0 Å². The number of benzene rings is 6. The standard InChI is InChI=1S/C40H38N4O7/c41-25-48-34-21-23-40(24-22-34)51-36-13-3-30(4-14-36)43(26-42-29-1-11-35(12-2-29)49-38-17-7-32(46)8-18-38)27-44(28-45)31-5-15-37(16-6-31)50-39-19-9-33(47)10-20-39/h1-24,42,45-47H,25-28,41H2. The highest BCUT2D eigenvalue weighted by Gasteiger charge is 2.14. The number of aliphatic hydroxyl groups is 1. The molecule has 6 aromatic rings. The maximum absolute atomic E-state index is 10.5. The molecule has 51 heavy (non-hydrogen) atoms. The van der Waals surface area contributed by atoms with E-state index in [2.05, 4.69) is 10.2 Å². The number of hydrogen-bond acceptors (Lipinski definition) is 11. The van der Waals surface area contributed by atoms with Gasteiger partial charge in [0.25, 0.3) is 0 Å². The zero-order chi connectivity index (χ0) is 35.4. The van der Waals surface area contributed by atoms with Gasteiger partial charge in [0, 0.05) is 17.1 Å². The summed E-state index contributed by atoms with van der Waals surface area (Å²) < 4.78 is 23.1. The molecule has 11 heteroatoms. The van der Waals surface area contributed by atoms with E-state index in [4.69, 9.17) is 24.7 Å². The minimum atomic E-state index is -0.233. The van der Waals surface area contributed by atoms with Crippen LogP contribution in [-0.2, 0) is 0 Å². The molecule has 11 nitrogen and oxygen atoms in total. The number of rotatable bonds is 16. The lowest BCUT2D eigenvalue weighted by Crippen LogP contribution is -2.41. The van der Waals surface area contributed by atoms with Crippen molar-refractivity contribution in [3.63, 3.8) is 0 Å². The molecule has 0 radical (unpaired) electrons. The fourth-order valence-corrected chi connectivity index (χ4v) is 5.05. The smallest absolute Gasteiger partial charge is 0.137 e. The van der Waals surface area contributed by atoms with E-state index in [-0.39, 0.29) is 25.0 Å². The molecule has 0 atom stereocenters. The minimum Gasteiger partial charge on any atom is -0.508 e. The summed E-state index contributed by atoms with van der Waals surface area (Å²) in [6, 6.07) is 43.0. The fraction of sp³-hybridized carbons (Fsp3) is 0.100. The van der Waals surface area contributed by atoms with Crippen LogP contribution in [0.25, 0.3) is 0 Å². The second-order valence-electron chi connectivity index (χ2n) is 11.3. The molecule has 0 aliphatic carbocycles. The molecule has 0 aliphatic heterocycles. The predicted octanol–water partition coefficient (Wildman–Crippen LogP) is 8.06. The molecule has 6 N–H and O–H groups in total. The number of nitrogens with one attached hydrogen (secondary N) is 1. The lowest BCUT2D eigenvalue weighted by Gasteiger charge is -2.33. The van der Waals surface area contributed by atoms with Gasteiger partial charge in [0.05, 0.1) is 13.3 Å². The number of aliphatic hydroxyl groups excluding tert-OH is 1. The first kappa shape index (κ1) is 34.3. The first-order valence-electron chi connectivity index (χ1n) is 16.1. The molecule has 0 heterocycles. The summed E-state index contributed by atoms with van der Waals surface area (Å²) >= 11 is 0. The Balaban J connectivity index is 1.16. The molecule has 6 rings (SSSR count). The summed E-state index contributed by atoms with van der Waals surface area (Å²) in [7, 11) is 0. The van der Waals surface area contributed by atoms with Crippen LogP contribution in [0.4, 0.5) is 17.1 Å². The van der Waals surface area contributed by atoms with Crippen LogP contribution in [0.1, 0.15) is 0 Å². The molecular formula is C40H38N4O7. The van der Waals surface area contributed by atoms with Crippen molar-refractivity contribution in [1.29, 1.82) is 0 Å². The molecule has 0 bridgehead atoms. The lowest BCUT2D eigenvalue weighted by atomic mass is 10.2. The Morgan fingerprint density at radius 2 is 0.824 bits per heavy atom. The van der Waals surface area contributed by atoms with Crippen LogP contribution in [-0.4, -0.2) is 42.1 Å². The lowest BCUT2D eigenvalue weighted by molar-refractivity contribution is 0.290. The highest BCUT2D eigenvalue weighted by molar-refractivity contribution is 5.56. The van der Waals surface area contributed by atoms with E-state index < -0.39 is 0 Å². The summed E-state index contributed by atoms with van der Waals surface area (Å²) in [6.07, 6.45) is 0. The van der Waals surface area contributed by atoms with Gasteiger partial charge in [-0.25, -0.2) is 0 Å². The Morgan fingerprint density at radius 3 is 1.24 bits per heavy atom. The Kier molecular flexibility index (Phi) is 11.2. The van der Waals surface area contributed by atoms with Crippen LogP contribution in [0, 0.1) is 0 Å². The fourth-order valence-electron chi connectivity index (χ4n) is 5.05. The average Bonchev–Trinajstić information content (AvgIpc) is 3.16. The Bertz CT molecular complexity index is 1940. The number of hydrogen-bond donors (Lipinski definition) is 5. The second-order valence-corrected chi connectivity index (χ2v) is 11.3. The molecule has 0 fully saturated rings. The highest BCUT2D eigenvalue weighted by atomic mass is 16.5. The average molecular weight is 687 g/mol. The Hall–Kier alpha value is -6.56. The maximum Gasteiger partial charge on any atom is 0.137 e. The van der Waals surface area contributed by atoms with Crippen molar-refractivity contribution in [1.82, 2.24) is 0 Å². The van der Waals surface area contributed by atoms with Gasteiger partial charge in [-0.1, -0.05) is 0 Å². The number of phenolic OH excluding ortho intramolecular Hbond substituents is 2. The zero-order valence-electron chi connectivity index (χ0n) is 27.6. The van der Waals surface area contributed by atoms with Crippen LogP contribution in [0.2, 0.25) is 0 Å². The third kappa shape index (κ3) is 9.76. The van der Waals surface area contributed by atoms with Crippen molar-refractivity contribution in [3.05, 3.63) is 146 Å². The summed E-state index contributed by atoms with van der Waals surface area (Å²) in [5.41, 5.74) is 8.00. The van der Waals surface area contributed by atoms with Gasteiger partial charge in [-0.15, -0.1) is 0 Å². The van der Waals surface area contributed by atoms with Gasteiger partial charge in [-0.2, -0.15) is 0 Å². The largest absolute Gasteiger partial charge is 0.508 e. The van der Waals surface area contributed by atoms with Crippen molar-refractivity contribution in [2.24, 2.45) is 5.73 Å². The van der Waals surface area contributed by atoms with E-state index >= 15 is 0 Å².